The Labute approximate surface area is 156 Å². The van der Waals surface area contributed by atoms with E-state index >= 15 is 0 Å². The second-order valence-corrected chi connectivity index (χ2v) is 7.86. The molecule has 0 aromatic heterocycles. The maximum absolute atomic E-state index is 12.5. The van der Waals surface area contributed by atoms with Gasteiger partial charge < -0.3 is 19.1 Å². The second-order valence-electron chi connectivity index (χ2n) is 6.36. The number of esters is 1. The summed E-state index contributed by atoms with van der Waals surface area (Å²) in [5, 5.41) is 0. The van der Waals surface area contributed by atoms with E-state index in [1.54, 1.807) is 34.9 Å². The van der Waals surface area contributed by atoms with Gasteiger partial charge in [0.1, 0.15) is 17.5 Å². The fourth-order valence-corrected chi connectivity index (χ4v) is 4.75. The van der Waals surface area contributed by atoms with Crippen LogP contribution < -0.4 is 9.47 Å². The highest BCUT2D eigenvalue weighted by atomic mass is 32.2. The number of ether oxygens (including phenoxy) is 3. The molecule has 140 valence electrons. The highest BCUT2D eigenvalue weighted by molar-refractivity contribution is 8.01. The molecule has 0 aliphatic carbocycles. The van der Waals surface area contributed by atoms with Crippen LogP contribution in [0.25, 0.3) is 0 Å². The number of ketones is 1. The number of fused-ring (bicyclic) bond motifs is 1. The maximum atomic E-state index is 12.5. The Kier molecular flexibility index (Phi) is 5.13. The molecular weight excluding hydrogens is 358 g/mol. The molecular formula is C18H21NO6S. The van der Waals surface area contributed by atoms with E-state index in [4.69, 9.17) is 14.2 Å². The van der Waals surface area contributed by atoms with Gasteiger partial charge in [0.15, 0.2) is 6.61 Å². The molecule has 0 N–H and O–H groups in total. The Morgan fingerprint density at radius 3 is 2.77 bits per heavy atom. The Morgan fingerprint density at radius 1 is 1.31 bits per heavy atom. The fourth-order valence-electron chi connectivity index (χ4n) is 3.34. The van der Waals surface area contributed by atoms with Gasteiger partial charge in [0.2, 0.25) is 11.7 Å². The van der Waals surface area contributed by atoms with Crippen molar-refractivity contribution in [1.82, 2.24) is 4.90 Å². The molecule has 2 saturated heterocycles. The number of carbonyl (C=O) groups excluding carboxylic acids is 3. The fraction of sp³-hybridized carbons (Fsp3) is 0.500. The van der Waals surface area contributed by atoms with E-state index in [9.17, 15) is 14.4 Å². The zero-order chi connectivity index (χ0) is 18.9. The molecule has 1 amide bonds. The van der Waals surface area contributed by atoms with Gasteiger partial charge in [-0.1, -0.05) is 0 Å². The second kappa shape index (κ2) is 7.19. The first-order chi connectivity index (χ1) is 12.4. The molecule has 0 spiro atoms. The van der Waals surface area contributed by atoms with Gasteiger partial charge in [0, 0.05) is 12.2 Å². The van der Waals surface area contributed by atoms with Gasteiger partial charge in [-0.05, 0) is 31.5 Å². The molecule has 26 heavy (non-hydrogen) atoms. The summed E-state index contributed by atoms with van der Waals surface area (Å²) in [7, 11) is 2.96. The summed E-state index contributed by atoms with van der Waals surface area (Å²) in [4.78, 5) is 38.3. The van der Waals surface area contributed by atoms with Crippen molar-refractivity contribution in [3.8, 4) is 11.5 Å². The van der Waals surface area contributed by atoms with Crippen LogP contribution in [0.1, 0.15) is 30.1 Å². The first-order valence-electron chi connectivity index (χ1n) is 8.27. The maximum Gasteiger partial charge on any atom is 0.330 e. The van der Waals surface area contributed by atoms with Crippen molar-refractivity contribution in [2.75, 3.05) is 26.6 Å². The molecule has 2 atom stereocenters. The Bertz CT molecular complexity index is 751. The number of Topliss-reactive ketones (excluding diaryl/α,β-unsaturated/α-hetero) is 1. The van der Waals surface area contributed by atoms with Crippen LogP contribution in [0.4, 0.5) is 0 Å². The van der Waals surface area contributed by atoms with E-state index in [1.807, 2.05) is 6.92 Å². The lowest BCUT2D eigenvalue weighted by molar-refractivity contribution is -0.152. The summed E-state index contributed by atoms with van der Waals surface area (Å²) in [5.41, 5.74) is 0.280. The summed E-state index contributed by atoms with van der Waals surface area (Å²) in [5.74, 6) is 0.386. The monoisotopic (exact) mass is 379 g/mol. The third-order valence-electron chi connectivity index (χ3n) is 4.77. The summed E-state index contributed by atoms with van der Waals surface area (Å²) in [6, 6.07) is 4.20. The molecule has 0 saturated carbocycles. The lowest BCUT2D eigenvalue weighted by Crippen LogP contribution is -2.46. The van der Waals surface area contributed by atoms with E-state index in [0.717, 1.165) is 6.42 Å². The molecule has 0 unspecified atom stereocenters. The number of benzene rings is 1. The molecule has 1 aromatic carbocycles. The zero-order valence-electron chi connectivity index (χ0n) is 14.9. The number of hydrogen-bond donors (Lipinski definition) is 0. The van der Waals surface area contributed by atoms with Crippen molar-refractivity contribution in [1.29, 1.82) is 0 Å². The summed E-state index contributed by atoms with van der Waals surface area (Å²) >= 11 is 1.58. The van der Waals surface area contributed by atoms with Crippen LogP contribution in [-0.4, -0.2) is 60.1 Å². The van der Waals surface area contributed by atoms with Gasteiger partial charge in [0.05, 0.1) is 24.7 Å². The average molecular weight is 379 g/mol. The van der Waals surface area contributed by atoms with Crippen molar-refractivity contribution in [2.45, 2.75) is 30.7 Å². The number of methoxy groups -OCH3 is 2. The first-order valence-corrected chi connectivity index (χ1v) is 9.26. The minimum absolute atomic E-state index is 0.0414. The van der Waals surface area contributed by atoms with Crippen LogP contribution in [0.2, 0.25) is 0 Å². The first kappa shape index (κ1) is 18.6. The van der Waals surface area contributed by atoms with Crippen molar-refractivity contribution in [3.05, 3.63) is 23.8 Å². The molecule has 0 radical (unpaired) electrons. The van der Waals surface area contributed by atoms with Crippen molar-refractivity contribution in [2.24, 2.45) is 0 Å². The molecule has 7 nitrogen and oxygen atoms in total. The largest absolute Gasteiger partial charge is 0.497 e. The highest BCUT2D eigenvalue weighted by Crippen LogP contribution is 2.47. The van der Waals surface area contributed by atoms with Crippen molar-refractivity contribution in [3.63, 3.8) is 0 Å². The molecule has 2 heterocycles. The number of nitrogens with zero attached hydrogens (tertiary/aromatic N) is 1. The average Bonchev–Trinajstić information content (AvgIpc) is 3.14. The van der Waals surface area contributed by atoms with Crippen LogP contribution >= 0.6 is 11.8 Å². The third-order valence-corrected chi connectivity index (χ3v) is 6.27. The molecule has 2 aliphatic rings. The van der Waals surface area contributed by atoms with E-state index in [0.29, 0.717) is 23.7 Å². The zero-order valence-corrected chi connectivity index (χ0v) is 15.8. The van der Waals surface area contributed by atoms with Crippen LogP contribution in [-0.2, 0) is 14.3 Å². The minimum Gasteiger partial charge on any atom is -0.497 e. The van der Waals surface area contributed by atoms with Crippen LogP contribution in [0, 0.1) is 0 Å². The van der Waals surface area contributed by atoms with Gasteiger partial charge in [0.25, 0.3) is 0 Å². The van der Waals surface area contributed by atoms with Crippen LogP contribution in [0.3, 0.4) is 0 Å². The standard InChI is InChI=1S/C18H21NO6S/c1-18-7-6-16(21)19(18)13(10-26-18)17(22)25-9-14(20)12-8-11(23-2)4-5-15(12)24-3/h4-5,8,13H,6-7,9-10H2,1-3H3/t13-,18+/m0/s1. The van der Waals surface area contributed by atoms with E-state index in [1.165, 1.54) is 14.2 Å². The smallest absolute Gasteiger partial charge is 0.330 e. The molecule has 2 fully saturated rings. The summed E-state index contributed by atoms with van der Waals surface area (Å²) < 4.78 is 15.5. The summed E-state index contributed by atoms with van der Waals surface area (Å²) in [6.45, 7) is 1.55. The quantitative estimate of drug-likeness (QED) is 0.551. The normalized spacial score (nSPS) is 24.3. The lowest BCUT2D eigenvalue weighted by Gasteiger charge is -2.29. The third kappa shape index (κ3) is 3.25. The predicted molar refractivity (Wildman–Crippen MR) is 95.6 cm³/mol. The molecule has 8 heteroatoms. The number of carbonyl (C=O) groups is 3. The topological polar surface area (TPSA) is 82.1 Å². The van der Waals surface area contributed by atoms with Gasteiger partial charge in [-0.2, -0.15) is 0 Å². The van der Waals surface area contributed by atoms with Gasteiger partial charge >= 0.3 is 5.97 Å². The van der Waals surface area contributed by atoms with Crippen LogP contribution in [0.5, 0.6) is 11.5 Å². The molecule has 3 rings (SSSR count). The Balaban J connectivity index is 1.67. The van der Waals surface area contributed by atoms with Gasteiger partial charge in [-0.3, -0.25) is 9.59 Å². The Morgan fingerprint density at radius 2 is 2.08 bits per heavy atom. The van der Waals surface area contributed by atoms with E-state index in [-0.39, 0.29) is 16.3 Å². The number of thioether (sulfide) groups is 1. The Hall–Kier alpha value is -2.22. The lowest BCUT2D eigenvalue weighted by atomic mass is 10.1. The SMILES string of the molecule is COc1ccc(OC)c(C(=O)COC(=O)[C@@H]2CS[C@]3(C)CCC(=O)N23)c1. The van der Waals surface area contributed by atoms with Gasteiger partial charge in [-0.15, -0.1) is 11.8 Å². The van der Waals surface area contributed by atoms with Gasteiger partial charge in [-0.25, -0.2) is 4.79 Å². The van der Waals surface area contributed by atoms with Crippen molar-refractivity contribution >= 4 is 29.4 Å². The molecule has 1 aromatic rings. The van der Waals surface area contributed by atoms with E-state index < -0.39 is 24.4 Å². The predicted octanol–water partition coefficient (Wildman–Crippen LogP) is 1.88. The molecule has 2 aliphatic heterocycles. The van der Waals surface area contributed by atoms with Crippen molar-refractivity contribution < 1.29 is 28.6 Å². The number of amides is 1. The minimum atomic E-state index is -0.639. The highest BCUT2D eigenvalue weighted by Gasteiger charge is 2.53. The molecule has 0 bridgehead atoms. The summed E-state index contributed by atoms with van der Waals surface area (Å²) in [6.07, 6.45) is 1.16. The van der Waals surface area contributed by atoms with E-state index in [2.05, 4.69) is 0 Å². The number of rotatable bonds is 6. The van der Waals surface area contributed by atoms with Crippen LogP contribution in [0.15, 0.2) is 18.2 Å². The number of hydrogen-bond acceptors (Lipinski definition) is 7.